The van der Waals surface area contributed by atoms with Crippen molar-refractivity contribution < 1.29 is 21.9 Å². The molecule has 1 aliphatic heterocycles. The number of sulfonamides is 2. The van der Waals surface area contributed by atoms with Crippen LogP contribution < -0.4 is 5.14 Å². The number of β-amino-alcohol motifs (C(OH)–C–C–N with tert-alkyl or cyclic N) is 1. The van der Waals surface area contributed by atoms with Crippen molar-refractivity contribution in [2.45, 2.75) is 15.9 Å². The van der Waals surface area contributed by atoms with Gasteiger partial charge in [0.2, 0.25) is 20.0 Å². The third-order valence-electron chi connectivity index (χ3n) is 2.60. The van der Waals surface area contributed by atoms with Crippen LogP contribution in [0.5, 0.6) is 0 Å². The maximum atomic E-state index is 12.0. The topological polar surface area (TPSA) is 118 Å². The Morgan fingerprint density at radius 2 is 1.72 bits per heavy atom. The third kappa shape index (κ3) is 2.40. The Hall–Kier alpha value is -1.00. The molecule has 0 spiro atoms. The number of hydrogen-bond donors (Lipinski definition) is 2. The van der Waals surface area contributed by atoms with Crippen LogP contribution in [0.3, 0.4) is 0 Å². The summed E-state index contributed by atoms with van der Waals surface area (Å²) in [6.07, 6.45) is -0.666. The van der Waals surface area contributed by atoms with Crippen LogP contribution in [0, 0.1) is 0 Å². The predicted molar refractivity (Wildman–Crippen MR) is 62.6 cm³/mol. The Kier molecular flexibility index (Phi) is 3.19. The monoisotopic (exact) mass is 292 g/mol. The van der Waals surface area contributed by atoms with E-state index in [1.807, 2.05) is 0 Å². The molecular weight excluding hydrogens is 280 g/mol. The highest BCUT2D eigenvalue weighted by Gasteiger charge is 2.35. The SMILES string of the molecule is NS(=O)(=O)c1cccc(S(=O)(=O)N2CC(O)C2)c1. The maximum absolute atomic E-state index is 12.0. The number of benzene rings is 1. The minimum atomic E-state index is -3.94. The van der Waals surface area contributed by atoms with Crippen LogP contribution >= 0.6 is 0 Å². The maximum Gasteiger partial charge on any atom is 0.243 e. The van der Waals surface area contributed by atoms with E-state index in [4.69, 9.17) is 10.2 Å². The van der Waals surface area contributed by atoms with E-state index in [1.165, 1.54) is 18.2 Å². The van der Waals surface area contributed by atoms with E-state index >= 15 is 0 Å². The molecule has 0 unspecified atom stereocenters. The summed E-state index contributed by atoms with van der Waals surface area (Å²) in [5, 5.41) is 14.0. The number of aliphatic hydroxyl groups excluding tert-OH is 1. The molecule has 1 saturated heterocycles. The van der Waals surface area contributed by atoms with Crippen molar-refractivity contribution >= 4 is 20.0 Å². The van der Waals surface area contributed by atoms with Gasteiger partial charge in [0.1, 0.15) is 0 Å². The number of primary sulfonamides is 1. The molecule has 0 amide bonds. The van der Waals surface area contributed by atoms with Gasteiger partial charge in [-0.1, -0.05) is 6.07 Å². The van der Waals surface area contributed by atoms with E-state index in [-0.39, 0.29) is 22.9 Å². The summed E-state index contributed by atoms with van der Waals surface area (Å²) in [6.45, 7) is 0.0316. The quantitative estimate of drug-likeness (QED) is 0.718. The van der Waals surface area contributed by atoms with Crippen molar-refractivity contribution in [2.75, 3.05) is 13.1 Å². The second kappa shape index (κ2) is 4.28. The number of nitrogens with zero attached hydrogens (tertiary/aromatic N) is 1. The molecule has 0 bridgehead atoms. The molecule has 1 fully saturated rings. The first-order chi connectivity index (χ1) is 8.21. The number of rotatable bonds is 3. The van der Waals surface area contributed by atoms with Gasteiger partial charge < -0.3 is 5.11 Å². The Morgan fingerprint density at radius 3 is 2.22 bits per heavy atom. The van der Waals surface area contributed by atoms with Crippen LogP contribution in [-0.4, -0.2) is 45.4 Å². The van der Waals surface area contributed by atoms with Gasteiger partial charge in [-0.05, 0) is 18.2 Å². The van der Waals surface area contributed by atoms with Crippen LogP contribution in [0.1, 0.15) is 0 Å². The Balaban J connectivity index is 2.40. The summed E-state index contributed by atoms with van der Waals surface area (Å²) in [6, 6.07) is 4.83. The minimum Gasteiger partial charge on any atom is -0.390 e. The fourth-order valence-corrected chi connectivity index (χ4v) is 3.77. The number of nitrogens with two attached hydrogens (primary N) is 1. The van der Waals surface area contributed by atoms with E-state index in [1.54, 1.807) is 0 Å². The smallest absolute Gasteiger partial charge is 0.243 e. The van der Waals surface area contributed by atoms with Crippen molar-refractivity contribution in [1.29, 1.82) is 0 Å². The van der Waals surface area contributed by atoms with Crippen molar-refractivity contribution in [3.05, 3.63) is 24.3 Å². The lowest BCUT2D eigenvalue weighted by Gasteiger charge is -2.34. The van der Waals surface area contributed by atoms with Gasteiger partial charge in [-0.3, -0.25) is 0 Å². The van der Waals surface area contributed by atoms with Crippen molar-refractivity contribution in [2.24, 2.45) is 5.14 Å². The molecule has 1 aromatic rings. The fraction of sp³-hybridized carbons (Fsp3) is 0.333. The van der Waals surface area contributed by atoms with Crippen LogP contribution in [0.2, 0.25) is 0 Å². The van der Waals surface area contributed by atoms with Gasteiger partial charge >= 0.3 is 0 Å². The average molecular weight is 292 g/mol. The summed E-state index contributed by atoms with van der Waals surface area (Å²) >= 11 is 0. The average Bonchev–Trinajstić information content (AvgIpc) is 2.24. The molecule has 100 valence electrons. The van der Waals surface area contributed by atoms with Crippen molar-refractivity contribution in [1.82, 2.24) is 4.31 Å². The molecule has 0 radical (unpaired) electrons. The molecule has 0 saturated carbocycles. The van der Waals surface area contributed by atoms with Gasteiger partial charge in [-0.25, -0.2) is 22.0 Å². The van der Waals surface area contributed by atoms with E-state index in [0.717, 1.165) is 10.4 Å². The number of hydrogen-bond acceptors (Lipinski definition) is 5. The summed E-state index contributed by atoms with van der Waals surface area (Å²) in [4.78, 5) is -0.412. The largest absolute Gasteiger partial charge is 0.390 e. The zero-order chi connectivity index (χ0) is 13.6. The van der Waals surface area contributed by atoms with Crippen LogP contribution in [0.25, 0.3) is 0 Å². The summed E-state index contributed by atoms with van der Waals surface area (Å²) in [7, 11) is -7.71. The highest BCUT2D eigenvalue weighted by atomic mass is 32.2. The summed E-state index contributed by atoms with van der Waals surface area (Å²) in [5.41, 5.74) is 0. The molecule has 1 aromatic carbocycles. The van der Waals surface area contributed by atoms with Gasteiger partial charge in [0.15, 0.2) is 0 Å². The molecule has 2 rings (SSSR count). The number of aliphatic hydroxyl groups is 1. The van der Waals surface area contributed by atoms with Crippen LogP contribution in [0.15, 0.2) is 34.1 Å². The molecule has 0 aliphatic carbocycles. The second-order valence-electron chi connectivity index (χ2n) is 4.00. The minimum absolute atomic E-state index is 0.0158. The van der Waals surface area contributed by atoms with Gasteiger partial charge in [0.05, 0.1) is 15.9 Å². The van der Waals surface area contributed by atoms with Gasteiger partial charge in [0, 0.05) is 13.1 Å². The summed E-state index contributed by atoms with van der Waals surface area (Å²) in [5.74, 6) is 0. The van der Waals surface area contributed by atoms with E-state index < -0.39 is 26.2 Å². The first-order valence-corrected chi connectivity index (χ1v) is 8.01. The first-order valence-electron chi connectivity index (χ1n) is 5.02. The second-order valence-corrected chi connectivity index (χ2v) is 7.50. The lowest BCUT2D eigenvalue weighted by atomic mass is 10.2. The zero-order valence-corrected chi connectivity index (χ0v) is 10.9. The molecular formula is C9H12N2O5S2. The molecule has 0 aromatic heterocycles. The summed E-state index contributed by atoms with van der Waals surface area (Å²) < 4.78 is 47.4. The van der Waals surface area contributed by atoms with E-state index in [0.29, 0.717) is 0 Å². The molecule has 1 heterocycles. The van der Waals surface area contributed by atoms with Crippen molar-refractivity contribution in [3.63, 3.8) is 0 Å². The Bertz CT molecular complexity index is 662. The first kappa shape index (κ1) is 13.4. The predicted octanol–water partition coefficient (Wildman–Crippen LogP) is -1.30. The van der Waals surface area contributed by atoms with Crippen LogP contribution in [0.4, 0.5) is 0 Å². The fourth-order valence-electron chi connectivity index (χ4n) is 1.57. The lowest BCUT2D eigenvalue weighted by molar-refractivity contribution is 0.0548. The molecule has 9 heteroatoms. The third-order valence-corrected chi connectivity index (χ3v) is 5.34. The van der Waals surface area contributed by atoms with E-state index in [9.17, 15) is 16.8 Å². The Labute approximate surface area is 105 Å². The lowest BCUT2D eigenvalue weighted by Crippen LogP contribution is -2.53. The molecule has 3 N–H and O–H groups in total. The normalized spacial score (nSPS) is 18.6. The highest BCUT2D eigenvalue weighted by molar-refractivity contribution is 7.90. The Morgan fingerprint density at radius 1 is 1.17 bits per heavy atom. The van der Waals surface area contributed by atoms with Crippen molar-refractivity contribution in [3.8, 4) is 0 Å². The van der Waals surface area contributed by atoms with Crippen LogP contribution in [-0.2, 0) is 20.0 Å². The molecule has 0 atom stereocenters. The molecule has 18 heavy (non-hydrogen) atoms. The molecule has 1 aliphatic rings. The molecule has 7 nitrogen and oxygen atoms in total. The van der Waals surface area contributed by atoms with Gasteiger partial charge in [-0.15, -0.1) is 0 Å². The van der Waals surface area contributed by atoms with Gasteiger partial charge in [-0.2, -0.15) is 4.31 Å². The zero-order valence-electron chi connectivity index (χ0n) is 9.22. The highest BCUT2D eigenvalue weighted by Crippen LogP contribution is 2.23. The standard InChI is InChI=1S/C9H12N2O5S2/c10-17(13,14)8-2-1-3-9(4-8)18(15,16)11-5-7(12)6-11/h1-4,7,12H,5-6H2,(H2,10,13,14). The van der Waals surface area contributed by atoms with Gasteiger partial charge in [0.25, 0.3) is 0 Å². The van der Waals surface area contributed by atoms with E-state index in [2.05, 4.69) is 0 Å².